The lowest BCUT2D eigenvalue weighted by atomic mass is 10.1. The highest BCUT2D eigenvalue weighted by molar-refractivity contribution is 5.80. The van der Waals surface area contributed by atoms with Crippen LogP contribution in [0.2, 0.25) is 0 Å². The van der Waals surface area contributed by atoms with E-state index in [1.807, 2.05) is 38.1 Å². The maximum absolute atomic E-state index is 10.7. The Morgan fingerprint density at radius 2 is 1.97 bits per heavy atom. The molecule has 3 rings (SSSR count). The molecule has 1 saturated heterocycles. The third-order valence-electron chi connectivity index (χ3n) is 4.91. The van der Waals surface area contributed by atoms with Crippen molar-refractivity contribution >= 4 is 22.7 Å². The van der Waals surface area contributed by atoms with Crippen molar-refractivity contribution in [3.63, 3.8) is 0 Å². The normalized spacial score (nSPS) is 17.5. The van der Waals surface area contributed by atoms with Crippen LogP contribution in [-0.4, -0.2) is 85.6 Å². The first-order chi connectivity index (χ1) is 14.6. The Bertz CT molecular complexity index is 820. The molecule has 0 amide bonds. The lowest BCUT2D eigenvalue weighted by molar-refractivity contribution is -0.0179. The van der Waals surface area contributed by atoms with E-state index < -0.39 is 5.60 Å². The Kier molecular flexibility index (Phi) is 8.24. The summed E-state index contributed by atoms with van der Waals surface area (Å²) in [4.78, 5) is 11.4. The number of para-hydroxylation sites is 1. The largest absolute Gasteiger partial charge is 0.387 e. The Hall–Kier alpha value is -2.42. The van der Waals surface area contributed by atoms with Crippen molar-refractivity contribution in [3.8, 4) is 0 Å². The van der Waals surface area contributed by atoms with Gasteiger partial charge in [-0.2, -0.15) is 0 Å². The van der Waals surface area contributed by atoms with Crippen LogP contribution in [0, 0.1) is 0 Å². The first kappa shape index (κ1) is 22.3. The number of fused-ring (bicyclic) bond motifs is 1. The third kappa shape index (κ3) is 7.12. The van der Waals surface area contributed by atoms with Gasteiger partial charge in [0.15, 0.2) is 5.96 Å². The molecule has 0 spiro atoms. The molecule has 1 unspecified atom stereocenters. The molecule has 1 aromatic heterocycles. The number of benzene rings is 1. The van der Waals surface area contributed by atoms with Gasteiger partial charge >= 0.3 is 0 Å². The molecule has 2 heterocycles. The number of pyridine rings is 1. The summed E-state index contributed by atoms with van der Waals surface area (Å²) in [5.74, 6) is 1.55. The van der Waals surface area contributed by atoms with Crippen LogP contribution in [-0.2, 0) is 4.74 Å². The van der Waals surface area contributed by atoms with Crippen LogP contribution in [0.25, 0.3) is 10.9 Å². The summed E-state index contributed by atoms with van der Waals surface area (Å²) in [6, 6.07) is 12.1. The van der Waals surface area contributed by atoms with Gasteiger partial charge in [-0.15, -0.1) is 0 Å². The topological polar surface area (TPSA) is 94.0 Å². The molecule has 1 aromatic carbocycles. The van der Waals surface area contributed by atoms with Crippen LogP contribution in [0.4, 0.5) is 5.82 Å². The van der Waals surface area contributed by atoms with Gasteiger partial charge in [0.05, 0.1) is 30.9 Å². The highest BCUT2D eigenvalue weighted by Gasteiger charge is 2.25. The van der Waals surface area contributed by atoms with E-state index in [0.29, 0.717) is 32.1 Å². The number of ether oxygens (including phenoxy) is 1. The van der Waals surface area contributed by atoms with Gasteiger partial charge in [0.2, 0.25) is 0 Å². The molecular weight excluding hydrogens is 380 g/mol. The van der Waals surface area contributed by atoms with E-state index >= 15 is 0 Å². The lowest BCUT2D eigenvalue weighted by Gasteiger charge is -2.33. The first-order valence-corrected chi connectivity index (χ1v) is 10.7. The van der Waals surface area contributed by atoms with Gasteiger partial charge in [0, 0.05) is 44.7 Å². The zero-order valence-corrected chi connectivity index (χ0v) is 18.0. The van der Waals surface area contributed by atoms with E-state index in [9.17, 15) is 5.11 Å². The Labute approximate surface area is 178 Å². The fourth-order valence-electron chi connectivity index (χ4n) is 3.42. The number of rotatable bonds is 9. The molecule has 4 N–H and O–H groups in total. The van der Waals surface area contributed by atoms with E-state index in [0.717, 1.165) is 49.6 Å². The number of nitrogens with zero attached hydrogens (tertiary/aromatic N) is 3. The van der Waals surface area contributed by atoms with Crippen LogP contribution in [0.3, 0.4) is 0 Å². The van der Waals surface area contributed by atoms with Crippen LogP contribution < -0.4 is 16.0 Å². The molecule has 1 aliphatic heterocycles. The van der Waals surface area contributed by atoms with Crippen molar-refractivity contribution in [2.75, 3.05) is 64.3 Å². The number of hydrogen-bond acceptors (Lipinski definition) is 6. The van der Waals surface area contributed by atoms with Crippen molar-refractivity contribution in [1.29, 1.82) is 0 Å². The minimum absolute atomic E-state index is 0.333. The molecule has 0 bridgehead atoms. The molecule has 0 aliphatic carbocycles. The van der Waals surface area contributed by atoms with Crippen molar-refractivity contribution in [2.24, 2.45) is 4.99 Å². The highest BCUT2D eigenvalue weighted by atomic mass is 16.5. The zero-order valence-electron chi connectivity index (χ0n) is 18.0. The van der Waals surface area contributed by atoms with Crippen LogP contribution in [0.1, 0.15) is 13.8 Å². The molecule has 164 valence electrons. The number of aromatic nitrogens is 1. The molecular formula is C22H34N6O2. The SMILES string of the molecule is CCNC(=NCC(C)(O)CN1CCOCC1)NCCNc1ccc2ccccc2n1. The molecule has 0 saturated carbocycles. The summed E-state index contributed by atoms with van der Waals surface area (Å²) in [6.45, 7) is 10.1. The maximum Gasteiger partial charge on any atom is 0.191 e. The predicted octanol–water partition coefficient (Wildman–Crippen LogP) is 1.29. The Morgan fingerprint density at radius 3 is 2.77 bits per heavy atom. The molecule has 1 atom stereocenters. The summed E-state index contributed by atoms with van der Waals surface area (Å²) in [7, 11) is 0. The number of guanidine groups is 1. The molecule has 0 radical (unpaired) electrons. The highest BCUT2D eigenvalue weighted by Crippen LogP contribution is 2.14. The minimum Gasteiger partial charge on any atom is -0.387 e. The minimum atomic E-state index is -0.882. The number of anilines is 1. The summed E-state index contributed by atoms with van der Waals surface area (Å²) in [6.07, 6.45) is 0. The smallest absolute Gasteiger partial charge is 0.191 e. The average molecular weight is 415 g/mol. The fourth-order valence-corrected chi connectivity index (χ4v) is 3.42. The van der Waals surface area contributed by atoms with Crippen molar-refractivity contribution < 1.29 is 9.84 Å². The number of aliphatic imine (C=N–C) groups is 1. The number of morpholine rings is 1. The lowest BCUT2D eigenvalue weighted by Crippen LogP contribution is -2.48. The third-order valence-corrected chi connectivity index (χ3v) is 4.91. The quantitative estimate of drug-likeness (QED) is 0.279. The monoisotopic (exact) mass is 414 g/mol. The van der Waals surface area contributed by atoms with Crippen LogP contribution >= 0.6 is 0 Å². The van der Waals surface area contributed by atoms with Crippen molar-refractivity contribution in [2.45, 2.75) is 19.4 Å². The van der Waals surface area contributed by atoms with Gasteiger partial charge < -0.3 is 25.8 Å². The first-order valence-electron chi connectivity index (χ1n) is 10.7. The van der Waals surface area contributed by atoms with Gasteiger partial charge in [-0.1, -0.05) is 18.2 Å². The summed E-state index contributed by atoms with van der Waals surface area (Å²) < 4.78 is 5.37. The maximum atomic E-state index is 10.7. The number of aliphatic hydroxyl groups is 1. The number of nitrogens with one attached hydrogen (secondary N) is 3. The van der Waals surface area contributed by atoms with Crippen LogP contribution in [0.15, 0.2) is 41.4 Å². The molecule has 1 aliphatic rings. The zero-order chi connectivity index (χ0) is 21.2. The fraction of sp³-hybridized carbons (Fsp3) is 0.545. The molecule has 30 heavy (non-hydrogen) atoms. The van der Waals surface area contributed by atoms with Crippen LogP contribution in [0.5, 0.6) is 0 Å². The standard InChI is InChI=1S/C22H34N6O2/c1-3-23-21(26-16-22(2,29)17-28-12-14-30-15-13-28)25-11-10-24-20-9-8-18-6-4-5-7-19(18)27-20/h4-9,29H,3,10-17H2,1-2H3,(H,24,27)(H2,23,25,26). The Morgan fingerprint density at radius 1 is 1.17 bits per heavy atom. The molecule has 8 nitrogen and oxygen atoms in total. The van der Waals surface area contributed by atoms with Crippen molar-refractivity contribution in [1.82, 2.24) is 20.5 Å². The number of hydrogen-bond donors (Lipinski definition) is 4. The van der Waals surface area contributed by atoms with E-state index in [1.54, 1.807) is 0 Å². The molecule has 1 fully saturated rings. The Balaban J connectivity index is 1.45. The van der Waals surface area contributed by atoms with Crippen molar-refractivity contribution in [3.05, 3.63) is 36.4 Å². The second-order valence-corrected chi connectivity index (χ2v) is 7.82. The van der Waals surface area contributed by atoms with Gasteiger partial charge in [0.1, 0.15) is 5.82 Å². The summed E-state index contributed by atoms with van der Waals surface area (Å²) in [5, 5.41) is 21.7. The molecule has 8 heteroatoms. The van der Waals surface area contributed by atoms with Gasteiger partial charge in [0.25, 0.3) is 0 Å². The van der Waals surface area contributed by atoms with E-state index in [4.69, 9.17) is 4.74 Å². The average Bonchev–Trinajstić information content (AvgIpc) is 2.75. The summed E-state index contributed by atoms with van der Waals surface area (Å²) in [5.41, 5.74) is 0.0975. The van der Waals surface area contributed by atoms with Gasteiger partial charge in [-0.3, -0.25) is 9.89 Å². The second kappa shape index (κ2) is 11.1. The van der Waals surface area contributed by atoms with E-state index in [1.165, 1.54) is 0 Å². The number of β-amino-alcohol motifs (C(OH)–C–C–N with tert-alkyl or cyclic N) is 1. The van der Waals surface area contributed by atoms with E-state index in [2.05, 4.69) is 43.0 Å². The van der Waals surface area contributed by atoms with Gasteiger partial charge in [-0.05, 0) is 32.0 Å². The van der Waals surface area contributed by atoms with E-state index in [-0.39, 0.29) is 0 Å². The van der Waals surface area contributed by atoms with Gasteiger partial charge in [-0.25, -0.2) is 4.98 Å². The second-order valence-electron chi connectivity index (χ2n) is 7.82. The molecule has 2 aromatic rings. The summed E-state index contributed by atoms with van der Waals surface area (Å²) >= 11 is 0. The predicted molar refractivity (Wildman–Crippen MR) is 122 cm³/mol.